The van der Waals surface area contributed by atoms with Gasteiger partial charge in [-0.25, -0.2) is 0 Å². The molecule has 0 bridgehead atoms. The minimum Gasteiger partial charge on any atom is -0.310 e. The van der Waals surface area contributed by atoms with Crippen molar-refractivity contribution < 1.29 is 0 Å². The van der Waals surface area contributed by atoms with Gasteiger partial charge in [0.2, 0.25) is 0 Å². The van der Waals surface area contributed by atoms with Crippen molar-refractivity contribution in [3.05, 3.63) is 23.8 Å². The average molecular weight is 151 g/mol. The van der Waals surface area contributed by atoms with Crippen molar-refractivity contribution in [2.45, 2.75) is 32.7 Å². The summed E-state index contributed by atoms with van der Waals surface area (Å²) in [4.78, 5) is 0. The van der Waals surface area contributed by atoms with Gasteiger partial charge >= 0.3 is 0 Å². The molecular formula is C10H17N. The molecule has 0 saturated heterocycles. The molecule has 1 N–H and O–H groups in total. The molecule has 1 unspecified atom stereocenters. The van der Waals surface area contributed by atoms with Crippen LogP contribution in [0.1, 0.15) is 26.7 Å². The van der Waals surface area contributed by atoms with Crippen LogP contribution in [-0.2, 0) is 0 Å². The Bertz CT molecular complexity index is 179. The van der Waals surface area contributed by atoms with E-state index in [2.05, 4.69) is 25.7 Å². The molecule has 1 rings (SSSR count). The number of nitrogens with one attached hydrogen (secondary N) is 1. The molecule has 1 aliphatic heterocycles. The van der Waals surface area contributed by atoms with Gasteiger partial charge in [-0.05, 0) is 25.3 Å². The zero-order chi connectivity index (χ0) is 8.27. The minimum atomic E-state index is 0.647. The van der Waals surface area contributed by atoms with Crippen LogP contribution in [0.15, 0.2) is 23.8 Å². The molecule has 0 aromatic heterocycles. The second-order valence-electron chi connectivity index (χ2n) is 3.17. The van der Waals surface area contributed by atoms with E-state index in [1.165, 1.54) is 18.4 Å². The average Bonchev–Trinajstić information content (AvgIpc) is 2.04. The molecule has 0 radical (unpaired) electrons. The molecule has 62 valence electrons. The minimum absolute atomic E-state index is 0.647. The van der Waals surface area contributed by atoms with Crippen molar-refractivity contribution in [2.24, 2.45) is 0 Å². The Hall–Kier alpha value is -0.560. The summed E-state index contributed by atoms with van der Waals surface area (Å²) in [5.41, 5.74) is 2.98. The van der Waals surface area contributed by atoms with Crippen molar-refractivity contribution in [3.63, 3.8) is 0 Å². The van der Waals surface area contributed by atoms with Gasteiger partial charge in [-0.2, -0.15) is 0 Å². The molecular weight excluding hydrogens is 134 g/mol. The van der Waals surface area contributed by atoms with Gasteiger partial charge in [-0.15, -0.1) is 0 Å². The van der Waals surface area contributed by atoms with Gasteiger partial charge in [0, 0.05) is 12.6 Å². The van der Waals surface area contributed by atoms with Crippen molar-refractivity contribution in [2.75, 3.05) is 6.54 Å². The summed E-state index contributed by atoms with van der Waals surface area (Å²) in [7, 11) is 0. The monoisotopic (exact) mass is 151 g/mol. The fourth-order valence-electron chi connectivity index (χ4n) is 1.57. The quantitative estimate of drug-likeness (QED) is 0.638. The zero-order valence-electron chi connectivity index (χ0n) is 7.48. The summed E-state index contributed by atoms with van der Waals surface area (Å²) in [6.45, 7) is 9.27. The zero-order valence-corrected chi connectivity index (χ0v) is 7.48. The van der Waals surface area contributed by atoms with Gasteiger partial charge < -0.3 is 5.32 Å². The van der Waals surface area contributed by atoms with E-state index in [9.17, 15) is 0 Å². The largest absolute Gasteiger partial charge is 0.310 e. The molecule has 0 aromatic carbocycles. The molecule has 0 spiro atoms. The lowest BCUT2D eigenvalue weighted by Gasteiger charge is -2.24. The van der Waals surface area contributed by atoms with Crippen molar-refractivity contribution in [3.8, 4) is 0 Å². The van der Waals surface area contributed by atoms with E-state index in [1.807, 2.05) is 6.08 Å². The summed E-state index contributed by atoms with van der Waals surface area (Å²) in [6, 6.07) is 0.647. The summed E-state index contributed by atoms with van der Waals surface area (Å²) >= 11 is 0. The van der Waals surface area contributed by atoms with Crippen LogP contribution in [0.25, 0.3) is 0 Å². The Morgan fingerprint density at radius 1 is 1.73 bits per heavy atom. The third-order valence-electron chi connectivity index (χ3n) is 2.32. The Morgan fingerprint density at radius 3 is 3.00 bits per heavy atom. The SMILES string of the molecule is C=CC1=C(CC)CC(C)NC1. The number of hydrogen-bond acceptors (Lipinski definition) is 1. The molecule has 1 nitrogen and oxygen atoms in total. The standard InChI is InChI=1S/C10H17N/c1-4-9-6-8(3)11-7-10(9)5-2/h5,8,11H,2,4,6-7H2,1,3H3. The number of hydrogen-bond donors (Lipinski definition) is 1. The van der Waals surface area contributed by atoms with Crippen LogP contribution in [0.3, 0.4) is 0 Å². The molecule has 0 aliphatic carbocycles. The second-order valence-corrected chi connectivity index (χ2v) is 3.17. The van der Waals surface area contributed by atoms with Crippen LogP contribution in [0.2, 0.25) is 0 Å². The van der Waals surface area contributed by atoms with E-state index in [1.54, 1.807) is 5.57 Å². The lowest BCUT2D eigenvalue weighted by atomic mass is 9.95. The summed E-state index contributed by atoms with van der Waals surface area (Å²) in [6.07, 6.45) is 4.35. The van der Waals surface area contributed by atoms with E-state index in [-0.39, 0.29) is 0 Å². The van der Waals surface area contributed by atoms with Crippen LogP contribution >= 0.6 is 0 Å². The second kappa shape index (κ2) is 3.72. The number of rotatable bonds is 2. The van der Waals surface area contributed by atoms with E-state index in [4.69, 9.17) is 0 Å². The molecule has 1 heterocycles. The molecule has 1 heteroatoms. The summed E-state index contributed by atoms with van der Waals surface area (Å²) < 4.78 is 0. The lowest BCUT2D eigenvalue weighted by molar-refractivity contribution is 0.535. The van der Waals surface area contributed by atoms with Crippen LogP contribution in [-0.4, -0.2) is 12.6 Å². The lowest BCUT2D eigenvalue weighted by Crippen LogP contribution is -2.32. The smallest absolute Gasteiger partial charge is 0.0207 e. The Morgan fingerprint density at radius 2 is 2.45 bits per heavy atom. The molecule has 1 aliphatic rings. The maximum absolute atomic E-state index is 3.81. The molecule has 1 atom stereocenters. The van der Waals surface area contributed by atoms with Crippen LogP contribution in [0.4, 0.5) is 0 Å². The van der Waals surface area contributed by atoms with E-state index in [0.29, 0.717) is 6.04 Å². The van der Waals surface area contributed by atoms with Crippen molar-refractivity contribution >= 4 is 0 Å². The van der Waals surface area contributed by atoms with E-state index in [0.717, 1.165) is 6.54 Å². The molecule has 0 saturated carbocycles. The highest BCUT2D eigenvalue weighted by Gasteiger charge is 2.13. The normalized spacial score (nSPS) is 25.5. The summed E-state index contributed by atoms with van der Waals surface area (Å²) in [5, 5.41) is 3.42. The van der Waals surface area contributed by atoms with Crippen molar-refractivity contribution in [1.82, 2.24) is 5.32 Å². The maximum atomic E-state index is 3.81. The highest BCUT2D eigenvalue weighted by Crippen LogP contribution is 2.19. The first kappa shape index (κ1) is 8.54. The molecule has 0 aromatic rings. The fraction of sp³-hybridized carbons (Fsp3) is 0.600. The first-order chi connectivity index (χ1) is 5.27. The van der Waals surface area contributed by atoms with Gasteiger partial charge in [-0.3, -0.25) is 0 Å². The fourth-order valence-corrected chi connectivity index (χ4v) is 1.57. The van der Waals surface area contributed by atoms with Crippen LogP contribution in [0, 0.1) is 0 Å². The topological polar surface area (TPSA) is 12.0 Å². The summed E-state index contributed by atoms with van der Waals surface area (Å²) in [5.74, 6) is 0. The van der Waals surface area contributed by atoms with Gasteiger partial charge in [0.15, 0.2) is 0 Å². The molecule has 0 fully saturated rings. The van der Waals surface area contributed by atoms with E-state index < -0.39 is 0 Å². The van der Waals surface area contributed by atoms with Gasteiger partial charge in [0.1, 0.15) is 0 Å². The first-order valence-electron chi connectivity index (χ1n) is 4.34. The van der Waals surface area contributed by atoms with E-state index >= 15 is 0 Å². The predicted octanol–water partition coefficient (Wildman–Crippen LogP) is 2.26. The molecule has 11 heavy (non-hydrogen) atoms. The van der Waals surface area contributed by atoms with Gasteiger partial charge in [0.05, 0.1) is 0 Å². The molecule has 0 amide bonds. The third-order valence-corrected chi connectivity index (χ3v) is 2.32. The highest BCUT2D eigenvalue weighted by atomic mass is 14.9. The highest BCUT2D eigenvalue weighted by molar-refractivity contribution is 5.28. The first-order valence-corrected chi connectivity index (χ1v) is 4.34. The Balaban J connectivity index is 2.74. The van der Waals surface area contributed by atoms with Crippen molar-refractivity contribution in [1.29, 1.82) is 0 Å². The third kappa shape index (κ3) is 1.93. The van der Waals surface area contributed by atoms with Gasteiger partial charge in [0.25, 0.3) is 0 Å². The van der Waals surface area contributed by atoms with Crippen LogP contribution < -0.4 is 5.32 Å². The van der Waals surface area contributed by atoms with Crippen LogP contribution in [0.5, 0.6) is 0 Å². The Labute approximate surface area is 69.2 Å². The Kier molecular flexibility index (Phi) is 2.89. The van der Waals surface area contributed by atoms with Gasteiger partial charge in [-0.1, -0.05) is 25.2 Å². The predicted molar refractivity (Wildman–Crippen MR) is 49.6 cm³/mol. The maximum Gasteiger partial charge on any atom is 0.0207 e.